The van der Waals surface area contributed by atoms with Crippen molar-refractivity contribution >= 4 is 11.4 Å². The second-order valence-corrected chi connectivity index (χ2v) is 4.27. The molecule has 3 N–H and O–H groups in total. The van der Waals surface area contributed by atoms with Crippen LogP contribution in [0.4, 0.5) is 15.8 Å². The minimum absolute atomic E-state index is 0.252. The molecular weight excluding hydrogens is 203 g/mol. The number of unbranched alkanes of at least 4 members (excludes halogenated alkanes) is 2. The maximum absolute atomic E-state index is 13.0. The summed E-state index contributed by atoms with van der Waals surface area (Å²) in [6, 6.07) is 4.75. The second-order valence-electron chi connectivity index (χ2n) is 4.27. The highest BCUT2D eigenvalue weighted by atomic mass is 19.1. The molecule has 0 saturated carbocycles. The van der Waals surface area contributed by atoms with Crippen LogP contribution in [0, 0.1) is 5.82 Å². The predicted molar refractivity (Wildman–Crippen MR) is 68.0 cm³/mol. The summed E-state index contributed by atoms with van der Waals surface area (Å²) in [4.78, 5) is 0. The molecule has 90 valence electrons. The number of anilines is 2. The molecule has 3 heteroatoms. The van der Waals surface area contributed by atoms with Crippen LogP contribution in [-0.2, 0) is 0 Å². The van der Waals surface area contributed by atoms with Gasteiger partial charge in [-0.2, -0.15) is 0 Å². The summed E-state index contributed by atoms with van der Waals surface area (Å²) in [6.07, 6.45) is 4.74. The lowest BCUT2D eigenvalue weighted by molar-refractivity contribution is 0.612. The number of benzene rings is 1. The largest absolute Gasteiger partial charge is 0.397 e. The van der Waals surface area contributed by atoms with Crippen LogP contribution in [0.1, 0.15) is 39.5 Å². The average Bonchev–Trinajstić information content (AvgIpc) is 2.24. The van der Waals surface area contributed by atoms with Gasteiger partial charge in [-0.25, -0.2) is 4.39 Å². The van der Waals surface area contributed by atoms with Crippen LogP contribution in [0.3, 0.4) is 0 Å². The van der Waals surface area contributed by atoms with Crippen LogP contribution in [-0.4, -0.2) is 6.04 Å². The van der Waals surface area contributed by atoms with Gasteiger partial charge in [-0.3, -0.25) is 0 Å². The van der Waals surface area contributed by atoms with Gasteiger partial charge in [-0.15, -0.1) is 0 Å². The number of halogens is 1. The molecule has 0 radical (unpaired) electrons. The smallest absolute Gasteiger partial charge is 0.125 e. The van der Waals surface area contributed by atoms with E-state index in [-0.39, 0.29) is 5.82 Å². The Morgan fingerprint density at radius 2 is 2.12 bits per heavy atom. The zero-order valence-corrected chi connectivity index (χ0v) is 10.1. The lowest BCUT2D eigenvalue weighted by Gasteiger charge is -2.16. The van der Waals surface area contributed by atoms with Crippen molar-refractivity contribution in [1.82, 2.24) is 0 Å². The van der Waals surface area contributed by atoms with Crippen LogP contribution in [0.25, 0.3) is 0 Å². The van der Waals surface area contributed by atoms with E-state index in [1.165, 1.54) is 31.4 Å². The van der Waals surface area contributed by atoms with E-state index in [1.54, 1.807) is 6.07 Å². The van der Waals surface area contributed by atoms with Gasteiger partial charge >= 0.3 is 0 Å². The zero-order valence-electron chi connectivity index (χ0n) is 10.1. The molecule has 1 atom stereocenters. The van der Waals surface area contributed by atoms with Crippen molar-refractivity contribution in [2.24, 2.45) is 0 Å². The highest BCUT2D eigenvalue weighted by Gasteiger charge is 2.05. The maximum atomic E-state index is 13.0. The van der Waals surface area contributed by atoms with Crippen LogP contribution in [0.15, 0.2) is 18.2 Å². The molecule has 2 nitrogen and oxygen atoms in total. The number of nitrogens with two attached hydrogens (primary N) is 1. The molecule has 1 unspecified atom stereocenters. The van der Waals surface area contributed by atoms with Crippen molar-refractivity contribution in [3.63, 3.8) is 0 Å². The Hall–Kier alpha value is -1.25. The molecule has 0 amide bonds. The van der Waals surface area contributed by atoms with Gasteiger partial charge in [0, 0.05) is 6.04 Å². The monoisotopic (exact) mass is 224 g/mol. The van der Waals surface area contributed by atoms with E-state index < -0.39 is 0 Å². The van der Waals surface area contributed by atoms with Crippen molar-refractivity contribution in [1.29, 1.82) is 0 Å². The fraction of sp³-hybridized carbons (Fsp3) is 0.538. The molecule has 1 aromatic rings. The van der Waals surface area contributed by atoms with Crippen molar-refractivity contribution in [3.05, 3.63) is 24.0 Å². The van der Waals surface area contributed by atoms with Crippen LogP contribution in [0.5, 0.6) is 0 Å². The van der Waals surface area contributed by atoms with Gasteiger partial charge < -0.3 is 11.1 Å². The molecule has 0 aliphatic rings. The first-order valence-corrected chi connectivity index (χ1v) is 5.95. The summed E-state index contributed by atoms with van der Waals surface area (Å²) in [5.41, 5.74) is 7.06. The third-order valence-corrected chi connectivity index (χ3v) is 2.66. The van der Waals surface area contributed by atoms with E-state index in [4.69, 9.17) is 5.73 Å². The Morgan fingerprint density at radius 3 is 2.81 bits per heavy atom. The highest BCUT2D eigenvalue weighted by molar-refractivity contribution is 5.66. The topological polar surface area (TPSA) is 38.0 Å². The Kier molecular flexibility index (Phi) is 5.09. The molecule has 1 rings (SSSR count). The summed E-state index contributed by atoms with van der Waals surface area (Å²) >= 11 is 0. The van der Waals surface area contributed by atoms with E-state index in [0.717, 1.165) is 6.42 Å². The van der Waals surface area contributed by atoms with E-state index in [2.05, 4.69) is 19.2 Å². The van der Waals surface area contributed by atoms with Gasteiger partial charge in [0.25, 0.3) is 0 Å². The van der Waals surface area contributed by atoms with Gasteiger partial charge in [-0.1, -0.05) is 26.2 Å². The summed E-state index contributed by atoms with van der Waals surface area (Å²) in [5.74, 6) is -0.252. The quantitative estimate of drug-likeness (QED) is 0.570. The van der Waals surface area contributed by atoms with Crippen molar-refractivity contribution in [2.75, 3.05) is 11.1 Å². The molecule has 0 aromatic heterocycles. The summed E-state index contributed by atoms with van der Waals surface area (Å²) < 4.78 is 13.0. The molecule has 0 heterocycles. The maximum Gasteiger partial charge on any atom is 0.125 e. The van der Waals surface area contributed by atoms with Gasteiger partial charge in [0.05, 0.1) is 11.4 Å². The number of nitrogen functional groups attached to an aromatic ring is 1. The van der Waals surface area contributed by atoms with E-state index >= 15 is 0 Å². The van der Waals surface area contributed by atoms with Crippen molar-refractivity contribution in [3.8, 4) is 0 Å². The van der Waals surface area contributed by atoms with E-state index in [9.17, 15) is 4.39 Å². The van der Waals surface area contributed by atoms with Gasteiger partial charge in [0.15, 0.2) is 0 Å². The van der Waals surface area contributed by atoms with E-state index in [1.807, 2.05) is 0 Å². The second kappa shape index (κ2) is 6.36. The molecule has 1 aromatic carbocycles. The first kappa shape index (κ1) is 12.8. The van der Waals surface area contributed by atoms with Crippen molar-refractivity contribution < 1.29 is 4.39 Å². The van der Waals surface area contributed by atoms with Gasteiger partial charge in [0.2, 0.25) is 0 Å². The van der Waals surface area contributed by atoms with E-state index in [0.29, 0.717) is 17.4 Å². The SMILES string of the molecule is CCCCCC(C)Nc1cc(F)ccc1N. The average molecular weight is 224 g/mol. The Morgan fingerprint density at radius 1 is 1.38 bits per heavy atom. The summed E-state index contributed by atoms with van der Waals surface area (Å²) in [6.45, 7) is 4.28. The fourth-order valence-corrected chi connectivity index (χ4v) is 1.69. The molecule has 0 saturated heterocycles. The lowest BCUT2D eigenvalue weighted by atomic mass is 10.1. The van der Waals surface area contributed by atoms with Crippen molar-refractivity contribution in [2.45, 2.75) is 45.6 Å². The van der Waals surface area contributed by atoms with Gasteiger partial charge in [0.1, 0.15) is 5.82 Å². The highest BCUT2D eigenvalue weighted by Crippen LogP contribution is 2.21. The minimum atomic E-state index is -0.252. The molecule has 0 spiro atoms. The summed E-state index contributed by atoms with van der Waals surface area (Å²) in [7, 11) is 0. The molecule has 0 bridgehead atoms. The Balaban J connectivity index is 2.48. The first-order valence-electron chi connectivity index (χ1n) is 5.95. The zero-order chi connectivity index (χ0) is 12.0. The van der Waals surface area contributed by atoms with Gasteiger partial charge in [-0.05, 0) is 31.5 Å². The standard InChI is InChI=1S/C13H21FN2/c1-3-4-5-6-10(2)16-13-9-11(14)7-8-12(13)15/h7-10,16H,3-6,15H2,1-2H3. The predicted octanol–water partition coefficient (Wildman–Crippen LogP) is 3.79. The number of nitrogens with one attached hydrogen (secondary N) is 1. The van der Waals surface area contributed by atoms with Crippen LogP contribution < -0.4 is 11.1 Å². The molecule has 0 aliphatic carbocycles. The number of hydrogen-bond donors (Lipinski definition) is 2. The van der Waals surface area contributed by atoms with Crippen LogP contribution >= 0.6 is 0 Å². The third-order valence-electron chi connectivity index (χ3n) is 2.66. The first-order chi connectivity index (χ1) is 7.63. The Labute approximate surface area is 97.0 Å². The normalized spacial score (nSPS) is 12.4. The number of hydrogen-bond acceptors (Lipinski definition) is 2. The molecule has 0 aliphatic heterocycles. The minimum Gasteiger partial charge on any atom is -0.397 e. The Bertz CT molecular complexity index is 326. The molecule has 16 heavy (non-hydrogen) atoms. The molecule has 0 fully saturated rings. The lowest BCUT2D eigenvalue weighted by Crippen LogP contribution is -2.16. The van der Waals surface area contributed by atoms with Crippen LogP contribution in [0.2, 0.25) is 0 Å². The summed E-state index contributed by atoms with van der Waals surface area (Å²) in [5, 5.41) is 3.24. The molecular formula is C13H21FN2. The third kappa shape index (κ3) is 4.09. The number of rotatable bonds is 6. The fourth-order valence-electron chi connectivity index (χ4n) is 1.69.